The maximum atomic E-state index is 11.8. The van der Waals surface area contributed by atoms with E-state index in [1.807, 2.05) is 6.92 Å². The number of hydrazine groups is 1. The first-order valence-electron chi connectivity index (χ1n) is 5.48. The Balaban J connectivity index is 2.51. The lowest BCUT2D eigenvalue weighted by Gasteiger charge is -2.12. The molecule has 1 atom stereocenters. The van der Waals surface area contributed by atoms with Gasteiger partial charge in [-0.25, -0.2) is 4.98 Å². The average molecular weight is 254 g/mol. The summed E-state index contributed by atoms with van der Waals surface area (Å²) in [5.74, 6) is 7.02. The van der Waals surface area contributed by atoms with Crippen molar-refractivity contribution in [2.24, 2.45) is 5.84 Å². The first kappa shape index (κ1) is 13.8. The second-order valence-corrected chi connectivity index (χ2v) is 4.93. The quantitative estimate of drug-likeness (QED) is 0.526. The highest BCUT2D eigenvalue weighted by Crippen LogP contribution is 2.05. The standard InChI is InChI=1S/C11H18N4OS/c1-3-17-7-8(2)14-11(16)10-5-4-9(15-12)6-13-10/h4-6,8,15H,3,7,12H2,1-2H3,(H,14,16). The van der Waals surface area contributed by atoms with Gasteiger partial charge in [-0.2, -0.15) is 11.8 Å². The Kier molecular flexibility index (Phi) is 5.79. The van der Waals surface area contributed by atoms with Crippen molar-refractivity contribution < 1.29 is 4.79 Å². The molecular weight excluding hydrogens is 236 g/mol. The lowest BCUT2D eigenvalue weighted by atomic mass is 10.3. The van der Waals surface area contributed by atoms with Crippen molar-refractivity contribution in [2.45, 2.75) is 19.9 Å². The second kappa shape index (κ2) is 7.13. The van der Waals surface area contributed by atoms with Gasteiger partial charge in [-0.15, -0.1) is 0 Å². The number of hydrogen-bond donors (Lipinski definition) is 3. The molecule has 5 nitrogen and oxygen atoms in total. The fraction of sp³-hybridized carbons (Fsp3) is 0.455. The number of nitrogens with two attached hydrogens (primary N) is 1. The third-order valence-electron chi connectivity index (χ3n) is 2.11. The van der Waals surface area contributed by atoms with Crippen molar-refractivity contribution in [3.05, 3.63) is 24.0 Å². The van der Waals surface area contributed by atoms with Crippen molar-refractivity contribution in [1.82, 2.24) is 10.3 Å². The molecule has 4 N–H and O–H groups in total. The number of pyridine rings is 1. The summed E-state index contributed by atoms with van der Waals surface area (Å²) in [6, 6.07) is 3.50. The fourth-order valence-corrected chi connectivity index (χ4v) is 1.92. The van der Waals surface area contributed by atoms with Crippen LogP contribution in [0.4, 0.5) is 5.69 Å². The van der Waals surface area contributed by atoms with Gasteiger partial charge < -0.3 is 10.7 Å². The minimum absolute atomic E-state index is 0.140. The zero-order valence-electron chi connectivity index (χ0n) is 10.1. The van der Waals surface area contributed by atoms with Gasteiger partial charge >= 0.3 is 0 Å². The van der Waals surface area contributed by atoms with Crippen LogP contribution in [0.3, 0.4) is 0 Å². The van der Waals surface area contributed by atoms with E-state index in [1.54, 1.807) is 23.9 Å². The van der Waals surface area contributed by atoms with Gasteiger partial charge in [-0.1, -0.05) is 6.92 Å². The van der Waals surface area contributed by atoms with Crippen LogP contribution in [-0.2, 0) is 0 Å². The van der Waals surface area contributed by atoms with Crippen LogP contribution in [0.1, 0.15) is 24.3 Å². The number of anilines is 1. The van der Waals surface area contributed by atoms with Gasteiger partial charge in [0.15, 0.2) is 0 Å². The van der Waals surface area contributed by atoms with Crippen LogP contribution in [0, 0.1) is 0 Å². The van der Waals surface area contributed by atoms with Gasteiger partial charge in [0, 0.05) is 11.8 Å². The topological polar surface area (TPSA) is 80.0 Å². The summed E-state index contributed by atoms with van der Waals surface area (Å²) in [6.07, 6.45) is 1.53. The number of carbonyl (C=O) groups excluding carboxylic acids is 1. The molecule has 94 valence electrons. The molecule has 0 saturated carbocycles. The number of carbonyl (C=O) groups is 1. The molecule has 1 rings (SSSR count). The van der Waals surface area contributed by atoms with E-state index in [4.69, 9.17) is 5.84 Å². The number of thioether (sulfide) groups is 1. The third kappa shape index (κ3) is 4.62. The highest BCUT2D eigenvalue weighted by Gasteiger charge is 2.10. The van der Waals surface area contributed by atoms with Gasteiger partial charge in [0.1, 0.15) is 5.69 Å². The van der Waals surface area contributed by atoms with Crippen LogP contribution in [0.2, 0.25) is 0 Å². The number of nitrogens with one attached hydrogen (secondary N) is 2. The monoisotopic (exact) mass is 254 g/mol. The number of aromatic nitrogens is 1. The van der Waals surface area contributed by atoms with E-state index in [9.17, 15) is 4.79 Å². The lowest BCUT2D eigenvalue weighted by Crippen LogP contribution is -2.34. The first-order chi connectivity index (χ1) is 8.17. The number of hydrogen-bond acceptors (Lipinski definition) is 5. The van der Waals surface area contributed by atoms with Gasteiger partial charge in [0.25, 0.3) is 5.91 Å². The molecule has 0 aliphatic rings. The van der Waals surface area contributed by atoms with E-state index in [0.717, 1.165) is 11.5 Å². The summed E-state index contributed by atoms with van der Waals surface area (Å²) in [5, 5.41) is 2.89. The lowest BCUT2D eigenvalue weighted by molar-refractivity contribution is 0.0939. The Labute approximate surface area is 106 Å². The summed E-state index contributed by atoms with van der Waals surface area (Å²) in [7, 11) is 0. The molecule has 17 heavy (non-hydrogen) atoms. The smallest absolute Gasteiger partial charge is 0.270 e. The van der Waals surface area contributed by atoms with E-state index in [-0.39, 0.29) is 11.9 Å². The molecule has 0 aliphatic carbocycles. The summed E-state index contributed by atoms with van der Waals surface area (Å²) in [4.78, 5) is 15.8. The highest BCUT2D eigenvalue weighted by molar-refractivity contribution is 7.99. The van der Waals surface area contributed by atoms with E-state index >= 15 is 0 Å². The molecule has 1 heterocycles. The number of nitrogens with zero attached hydrogens (tertiary/aromatic N) is 1. The molecular formula is C11H18N4OS. The average Bonchev–Trinajstić information content (AvgIpc) is 2.36. The predicted octanol–water partition coefficient (Wildman–Crippen LogP) is 1.24. The van der Waals surface area contributed by atoms with Crippen LogP contribution >= 0.6 is 11.8 Å². The second-order valence-electron chi connectivity index (χ2n) is 3.61. The van der Waals surface area contributed by atoms with Crippen LogP contribution < -0.4 is 16.6 Å². The number of amides is 1. The number of rotatable bonds is 6. The molecule has 0 radical (unpaired) electrons. The SMILES string of the molecule is CCSCC(C)NC(=O)c1ccc(NN)cn1. The van der Waals surface area contributed by atoms with E-state index in [1.165, 1.54) is 6.20 Å². The van der Waals surface area contributed by atoms with Gasteiger partial charge in [0.2, 0.25) is 0 Å². The maximum absolute atomic E-state index is 11.8. The minimum Gasteiger partial charge on any atom is -0.347 e. The molecule has 0 aliphatic heterocycles. The summed E-state index contributed by atoms with van der Waals surface area (Å²) in [5.41, 5.74) is 3.54. The van der Waals surface area contributed by atoms with Crippen molar-refractivity contribution in [3.8, 4) is 0 Å². The Morgan fingerprint density at radius 3 is 2.88 bits per heavy atom. The Morgan fingerprint density at radius 1 is 1.59 bits per heavy atom. The molecule has 0 saturated heterocycles. The zero-order chi connectivity index (χ0) is 12.7. The number of nitrogen functional groups attached to an aromatic ring is 1. The van der Waals surface area contributed by atoms with Crippen molar-refractivity contribution in [3.63, 3.8) is 0 Å². The first-order valence-corrected chi connectivity index (χ1v) is 6.64. The van der Waals surface area contributed by atoms with Crippen LogP contribution in [0.5, 0.6) is 0 Å². The van der Waals surface area contributed by atoms with Gasteiger partial charge in [-0.3, -0.25) is 10.6 Å². The third-order valence-corrected chi connectivity index (χ3v) is 3.26. The Bertz CT molecular complexity index is 355. The van der Waals surface area contributed by atoms with Crippen molar-refractivity contribution in [2.75, 3.05) is 16.9 Å². The van der Waals surface area contributed by atoms with E-state index in [2.05, 4.69) is 22.7 Å². The molecule has 6 heteroatoms. The fourth-order valence-electron chi connectivity index (χ4n) is 1.25. The molecule has 0 fully saturated rings. The molecule has 0 bridgehead atoms. The summed E-state index contributed by atoms with van der Waals surface area (Å²) in [6.45, 7) is 4.08. The van der Waals surface area contributed by atoms with Gasteiger partial charge in [-0.05, 0) is 24.8 Å². The molecule has 0 aromatic carbocycles. The van der Waals surface area contributed by atoms with E-state index in [0.29, 0.717) is 11.4 Å². The molecule has 0 spiro atoms. The largest absolute Gasteiger partial charge is 0.347 e. The Hall–Kier alpha value is -1.27. The van der Waals surface area contributed by atoms with Crippen LogP contribution in [-0.4, -0.2) is 28.4 Å². The molecule has 1 unspecified atom stereocenters. The van der Waals surface area contributed by atoms with Crippen molar-refractivity contribution >= 4 is 23.4 Å². The normalized spacial score (nSPS) is 11.9. The Morgan fingerprint density at radius 2 is 2.35 bits per heavy atom. The van der Waals surface area contributed by atoms with Gasteiger partial charge in [0.05, 0.1) is 11.9 Å². The summed E-state index contributed by atoms with van der Waals surface area (Å²) >= 11 is 1.80. The van der Waals surface area contributed by atoms with E-state index < -0.39 is 0 Å². The molecule has 1 aromatic rings. The van der Waals surface area contributed by atoms with Crippen LogP contribution in [0.25, 0.3) is 0 Å². The minimum atomic E-state index is -0.155. The maximum Gasteiger partial charge on any atom is 0.270 e. The summed E-state index contributed by atoms with van der Waals surface area (Å²) < 4.78 is 0. The molecule has 1 aromatic heterocycles. The molecule has 1 amide bonds. The van der Waals surface area contributed by atoms with Crippen molar-refractivity contribution in [1.29, 1.82) is 0 Å². The zero-order valence-corrected chi connectivity index (χ0v) is 10.9. The predicted molar refractivity (Wildman–Crippen MR) is 72.0 cm³/mol. The highest BCUT2D eigenvalue weighted by atomic mass is 32.2. The van der Waals surface area contributed by atoms with Crippen LogP contribution in [0.15, 0.2) is 18.3 Å².